The van der Waals surface area contributed by atoms with E-state index in [-0.39, 0.29) is 16.8 Å². The molecule has 1 atom stereocenters. The number of carbonyl (C=O) groups is 1. The maximum atomic E-state index is 12.8. The van der Waals surface area contributed by atoms with E-state index < -0.39 is 10.0 Å². The minimum absolute atomic E-state index is 0.0602. The maximum absolute atomic E-state index is 12.8. The van der Waals surface area contributed by atoms with E-state index in [9.17, 15) is 13.2 Å². The average molecular weight is 422 g/mol. The Bertz CT molecular complexity index is 913. The van der Waals surface area contributed by atoms with Crippen LogP contribution in [0.3, 0.4) is 0 Å². The zero-order valence-electron chi connectivity index (χ0n) is 15.7. The smallest absolute Gasteiger partial charge is 0.243 e. The van der Waals surface area contributed by atoms with E-state index in [1.165, 1.54) is 10.4 Å². The fourth-order valence-electron chi connectivity index (χ4n) is 3.21. The monoisotopic (exact) mass is 421 g/mol. The van der Waals surface area contributed by atoms with E-state index >= 15 is 0 Å². The van der Waals surface area contributed by atoms with E-state index in [1.807, 2.05) is 42.2 Å². The molecule has 0 aromatic heterocycles. The second-order valence-corrected chi connectivity index (χ2v) is 9.15. The summed E-state index contributed by atoms with van der Waals surface area (Å²) in [5.41, 5.74) is 1.04. The molecule has 1 heterocycles. The summed E-state index contributed by atoms with van der Waals surface area (Å²) in [6.45, 7) is 4.00. The van der Waals surface area contributed by atoms with Crippen molar-refractivity contribution < 1.29 is 13.2 Å². The number of rotatable bonds is 6. The number of amides is 1. The summed E-state index contributed by atoms with van der Waals surface area (Å²) >= 11 is 5.93. The number of piperazine rings is 1. The first-order valence-corrected chi connectivity index (χ1v) is 11.0. The van der Waals surface area contributed by atoms with Gasteiger partial charge in [-0.3, -0.25) is 9.69 Å². The Kier molecular flexibility index (Phi) is 6.72. The molecule has 1 N–H and O–H groups in total. The highest BCUT2D eigenvalue weighted by Crippen LogP contribution is 2.21. The molecule has 1 aliphatic rings. The molecule has 8 heteroatoms. The predicted octanol–water partition coefficient (Wildman–Crippen LogP) is 2.35. The van der Waals surface area contributed by atoms with Crippen molar-refractivity contribution in [3.05, 3.63) is 65.2 Å². The lowest BCUT2D eigenvalue weighted by Crippen LogP contribution is -2.54. The van der Waals surface area contributed by atoms with E-state index in [0.29, 0.717) is 37.7 Å². The van der Waals surface area contributed by atoms with Crippen molar-refractivity contribution in [3.8, 4) is 0 Å². The molecule has 0 saturated carbocycles. The first-order valence-electron chi connectivity index (χ1n) is 9.19. The standard InChI is InChI=1S/C20H24ClN3O3S/c1-16(20(25)22-15-17-6-3-2-4-7-17)23-10-12-24(13-11-23)28(26,27)19-9-5-8-18(21)14-19/h2-9,14,16H,10-13,15H2,1H3,(H,22,25)/t16-/m0/s1. The van der Waals surface area contributed by atoms with Gasteiger partial charge in [0.05, 0.1) is 10.9 Å². The van der Waals surface area contributed by atoms with Crippen molar-refractivity contribution >= 4 is 27.5 Å². The van der Waals surface area contributed by atoms with Crippen LogP contribution < -0.4 is 5.32 Å². The molecule has 1 saturated heterocycles. The Hall–Kier alpha value is -1.93. The van der Waals surface area contributed by atoms with Gasteiger partial charge in [0.25, 0.3) is 0 Å². The van der Waals surface area contributed by atoms with Gasteiger partial charge in [-0.1, -0.05) is 48.0 Å². The first kappa shape index (κ1) is 20.8. The van der Waals surface area contributed by atoms with Gasteiger partial charge in [0.1, 0.15) is 0 Å². The van der Waals surface area contributed by atoms with Gasteiger partial charge in [0.15, 0.2) is 0 Å². The molecule has 2 aromatic carbocycles. The number of halogens is 1. The minimum atomic E-state index is -3.58. The van der Waals surface area contributed by atoms with Crippen molar-refractivity contribution in [2.75, 3.05) is 26.2 Å². The third-order valence-electron chi connectivity index (χ3n) is 4.94. The molecule has 1 aliphatic heterocycles. The molecule has 0 aliphatic carbocycles. The minimum Gasteiger partial charge on any atom is -0.351 e. The van der Waals surface area contributed by atoms with Gasteiger partial charge in [-0.25, -0.2) is 8.42 Å². The molecule has 28 heavy (non-hydrogen) atoms. The van der Waals surface area contributed by atoms with Crippen LogP contribution in [0.2, 0.25) is 5.02 Å². The Morgan fingerprint density at radius 1 is 1.07 bits per heavy atom. The van der Waals surface area contributed by atoms with Crippen LogP contribution in [-0.2, 0) is 21.4 Å². The maximum Gasteiger partial charge on any atom is 0.243 e. The molecule has 0 spiro atoms. The Labute approximate surface area is 171 Å². The highest BCUT2D eigenvalue weighted by atomic mass is 35.5. The van der Waals surface area contributed by atoms with Crippen LogP contribution in [0.4, 0.5) is 0 Å². The van der Waals surface area contributed by atoms with Crippen LogP contribution in [0.15, 0.2) is 59.5 Å². The van der Waals surface area contributed by atoms with Gasteiger partial charge < -0.3 is 5.32 Å². The largest absolute Gasteiger partial charge is 0.351 e. The molecule has 6 nitrogen and oxygen atoms in total. The number of nitrogens with zero attached hydrogens (tertiary/aromatic N) is 2. The number of hydrogen-bond acceptors (Lipinski definition) is 4. The quantitative estimate of drug-likeness (QED) is 0.777. The Balaban J connectivity index is 1.55. The predicted molar refractivity (Wildman–Crippen MR) is 110 cm³/mol. The van der Waals surface area contributed by atoms with Crippen LogP contribution >= 0.6 is 11.6 Å². The fourth-order valence-corrected chi connectivity index (χ4v) is 4.93. The molecule has 0 bridgehead atoms. The van der Waals surface area contributed by atoms with E-state index in [4.69, 9.17) is 11.6 Å². The lowest BCUT2D eigenvalue weighted by atomic mass is 10.2. The lowest BCUT2D eigenvalue weighted by molar-refractivity contribution is -0.126. The molecule has 0 radical (unpaired) electrons. The third kappa shape index (κ3) is 4.91. The Morgan fingerprint density at radius 3 is 2.39 bits per heavy atom. The summed E-state index contributed by atoms with van der Waals surface area (Å²) in [6, 6.07) is 15.7. The normalized spacial score (nSPS) is 17.2. The average Bonchev–Trinajstić information content (AvgIpc) is 2.72. The number of hydrogen-bond donors (Lipinski definition) is 1. The zero-order valence-corrected chi connectivity index (χ0v) is 17.3. The summed E-state index contributed by atoms with van der Waals surface area (Å²) in [5.74, 6) is -0.0602. The first-order chi connectivity index (χ1) is 13.4. The Morgan fingerprint density at radius 2 is 1.75 bits per heavy atom. The summed E-state index contributed by atoms with van der Waals surface area (Å²) < 4.78 is 27.0. The molecular weight excluding hydrogens is 398 g/mol. The number of carbonyl (C=O) groups excluding carboxylic acids is 1. The van der Waals surface area contributed by atoms with Crippen molar-refractivity contribution in [1.29, 1.82) is 0 Å². The van der Waals surface area contributed by atoms with Crippen molar-refractivity contribution in [1.82, 2.24) is 14.5 Å². The van der Waals surface area contributed by atoms with Crippen LogP contribution in [0.5, 0.6) is 0 Å². The second-order valence-electron chi connectivity index (χ2n) is 6.78. The van der Waals surface area contributed by atoms with Gasteiger partial charge in [0, 0.05) is 37.7 Å². The summed E-state index contributed by atoms with van der Waals surface area (Å²) in [4.78, 5) is 14.7. The topological polar surface area (TPSA) is 69.7 Å². The number of sulfonamides is 1. The molecule has 150 valence electrons. The summed E-state index contributed by atoms with van der Waals surface area (Å²) in [6.07, 6.45) is 0. The SMILES string of the molecule is C[C@@H](C(=O)NCc1ccccc1)N1CCN(S(=O)(=O)c2cccc(Cl)c2)CC1. The molecule has 1 fully saturated rings. The molecular formula is C20H24ClN3O3S. The second kappa shape index (κ2) is 9.05. The van der Waals surface area contributed by atoms with Crippen molar-refractivity contribution in [2.45, 2.75) is 24.4 Å². The van der Waals surface area contributed by atoms with Crippen molar-refractivity contribution in [3.63, 3.8) is 0 Å². The van der Waals surface area contributed by atoms with E-state index in [1.54, 1.807) is 18.2 Å². The fraction of sp³-hybridized carbons (Fsp3) is 0.350. The zero-order chi connectivity index (χ0) is 20.1. The van der Waals surface area contributed by atoms with Gasteiger partial charge in [0.2, 0.25) is 15.9 Å². The number of benzene rings is 2. The third-order valence-corrected chi connectivity index (χ3v) is 7.07. The summed E-state index contributed by atoms with van der Waals surface area (Å²) in [5, 5.41) is 3.33. The lowest BCUT2D eigenvalue weighted by Gasteiger charge is -2.36. The van der Waals surface area contributed by atoms with Crippen LogP contribution in [0.1, 0.15) is 12.5 Å². The van der Waals surface area contributed by atoms with Gasteiger partial charge in [-0.15, -0.1) is 0 Å². The van der Waals surface area contributed by atoms with E-state index in [2.05, 4.69) is 5.32 Å². The highest BCUT2D eigenvalue weighted by Gasteiger charge is 2.31. The molecule has 3 rings (SSSR count). The summed E-state index contributed by atoms with van der Waals surface area (Å²) in [7, 11) is -3.58. The van der Waals surface area contributed by atoms with Gasteiger partial charge in [-0.2, -0.15) is 4.31 Å². The van der Waals surface area contributed by atoms with Crippen molar-refractivity contribution in [2.24, 2.45) is 0 Å². The molecule has 2 aromatic rings. The van der Waals surface area contributed by atoms with Gasteiger partial charge in [-0.05, 0) is 30.7 Å². The van der Waals surface area contributed by atoms with Gasteiger partial charge >= 0.3 is 0 Å². The highest BCUT2D eigenvalue weighted by molar-refractivity contribution is 7.89. The van der Waals surface area contributed by atoms with E-state index in [0.717, 1.165) is 5.56 Å². The molecule has 0 unspecified atom stereocenters. The number of nitrogens with one attached hydrogen (secondary N) is 1. The molecule has 1 amide bonds. The van der Waals surface area contributed by atoms with Crippen LogP contribution in [0, 0.1) is 0 Å². The van der Waals surface area contributed by atoms with Crippen LogP contribution in [0.25, 0.3) is 0 Å². The van der Waals surface area contributed by atoms with Crippen LogP contribution in [-0.4, -0.2) is 55.8 Å².